The van der Waals surface area contributed by atoms with E-state index in [1.807, 2.05) is 0 Å². The van der Waals surface area contributed by atoms with Gasteiger partial charge >= 0.3 is 0 Å². The normalized spacial score (nSPS) is 29.5. The van der Waals surface area contributed by atoms with Gasteiger partial charge in [-0.05, 0) is 45.8 Å². The first-order valence-electron chi connectivity index (χ1n) is 5.75. The van der Waals surface area contributed by atoms with E-state index in [1.165, 1.54) is 38.9 Å². The molecular weight excluding hydrogens is 160 g/mol. The standard InChI is InChI=1S/C11H24N2/c1-4-8-13(5-2)11-6-7-12-10(3)9-11/h10-12H,4-9H2,1-3H3. The molecule has 2 unspecified atom stereocenters. The average molecular weight is 184 g/mol. The highest BCUT2D eigenvalue weighted by Gasteiger charge is 2.22. The van der Waals surface area contributed by atoms with Crippen LogP contribution in [0.25, 0.3) is 0 Å². The topological polar surface area (TPSA) is 15.3 Å². The molecule has 0 amide bonds. The van der Waals surface area contributed by atoms with Crippen molar-refractivity contribution in [3.8, 4) is 0 Å². The van der Waals surface area contributed by atoms with Crippen LogP contribution in [-0.2, 0) is 0 Å². The Balaban J connectivity index is 2.37. The zero-order valence-corrected chi connectivity index (χ0v) is 9.34. The zero-order valence-electron chi connectivity index (χ0n) is 9.34. The smallest absolute Gasteiger partial charge is 0.0122 e. The van der Waals surface area contributed by atoms with E-state index in [2.05, 4.69) is 31.0 Å². The molecule has 2 nitrogen and oxygen atoms in total. The van der Waals surface area contributed by atoms with Crippen LogP contribution in [0.2, 0.25) is 0 Å². The zero-order chi connectivity index (χ0) is 9.68. The van der Waals surface area contributed by atoms with Crippen LogP contribution in [-0.4, -0.2) is 36.6 Å². The van der Waals surface area contributed by atoms with Gasteiger partial charge in [-0.1, -0.05) is 13.8 Å². The number of piperidine rings is 1. The molecule has 0 aromatic carbocycles. The second kappa shape index (κ2) is 5.61. The van der Waals surface area contributed by atoms with Gasteiger partial charge < -0.3 is 10.2 Å². The summed E-state index contributed by atoms with van der Waals surface area (Å²) in [4.78, 5) is 2.64. The molecule has 0 spiro atoms. The van der Waals surface area contributed by atoms with Crippen LogP contribution in [0.1, 0.15) is 40.0 Å². The minimum Gasteiger partial charge on any atom is -0.314 e. The molecule has 0 aromatic rings. The van der Waals surface area contributed by atoms with E-state index in [-0.39, 0.29) is 0 Å². The lowest BCUT2D eigenvalue weighted by molar-refractivity contribution is 0.154. The van der Waals surface area contributed by atoms with Crippen molar-refractivity contribution in [2.75, 3.05) is 19.6 Å². The summed E-state index contributed by atoms with van der Waals surface area (Å²) in [5.41, 5.74) is 0. The minimum absolute atomic E-state index is 0.713. The molecule has 2 heteroatoms. The van der Waals surface area contributed by atoms with Crippen molar-refractivity contribution in [3.63, 3.8) is 0 Å². The Labute approximate surface area is 82.7 Å². The number of nitrogens with zero attached hydrogens (tertiary/aromatic N) is 1. The van der Waals surface area contributed by atoms with Gasteiger partial charge in [-0.25, -0.2) is 0 Å². The van der Waals surface area contributed by atoms with E-state index in [1.54, 1.807) is 0 Å². The third kappa shape index (κ3) is 3.28. The van der Waals surface area contributed by atoms with Crippen LogP contribution >= 0.6 is 0 Å². The fourth-order valence-corrected chi connectivity index (χ4v) is 2.32. The Kier molecular flexibility index (Phi) is 4.74. The van der Waals surface area contributed by atoms with Gasteiger partial charge in [-0.2, -0.15) is 0 Å². The Morgan fingerprint density at radius 3 is 2.69 bits per heavy atom. The molecular formula is C11H24N2. The van der Waals surface area contributed by atoms with Crippen molar-refractivity contribution in [3.05, 3.63) is 0 Å². The number of hydrogen-bond donors (Lipinski definition) is 1. The van der Waals surface area contributed by atoms with Gasteiger partial charge in [0.2, 0.25) is 0 Å². The Bertz CT molecular complexity index is 136. The van der Waals surface area contributed by atoms with E-state index in [0.29, 0.717) is 6.04 Å². The van der Waals surface area contributed by atoms with Crippen molar-refractivity contribution in [1.29, 1.82) is 0 Å². The van der Waals surface area contributed by atoms with Crippen LogP contribution in [0.5, 0.6) is 0 Å². The first kappa shape index (κ1) is 11.0. The van der Waals surface area contributed by atoms with Gasteiger partial charge in [0.15, 0.2) is 0 Å². The summed E-state index contributed by atoms with van der Waals surface area (Å²) < 4.78 is 0. The minimum atomic E-state index is 0.713. The summed E-state index contributed by atoms with van der Waals surface area (Å²) in [7, 11) is 0. The lowest BCUT2D eigenvalue weighted by Gasteiger charge is -2.36. The summed E-state index contributed by atoms with van der Waals surface area (Å²) in [5, 5.41) is 3.51. The van der Waals surface area contributed by atoms with Crippen molar-refractivity contribution in [2.45, 2.75) is 52.1 Å². The van der Waals surface area contributed by atoms with Gasteiger partial charge in [0, 0.05) is 12.1 Å². The largest absolute Gasteiger partial charge is 0.314 e. The Hall–Kier alpha value is -0.0800. The SMILES string of the molecule is CCCN(CC)C1CCNC(C)C1. The maximum atomic E-state index is 3.51. The summed E-state index contributed by atoms with van der Waals surface area (Å²) in [6, 6.07) is 1.55. The first-order valence-corrected chi connectivity index (χ1v) is 5.75. The van der Waals surface area contributed by atoms with Crippen molar-refractivity contribution >= 4 is 0 Å². The van der Waals surface area contributed by atoms with E-state index in [9.17, 15) is 0 Å². The highest BCUT2D eigenvalue weighted by molar-refractivity contribution is 4.81. The number of hydrogen-bond acceptors (Lipinski definition) is 2. The molecule has 0 saturated carbocycles. The molecule has 78 valence electrons. The molecule has 1 heterocycles. The molecule has 1 saturated heterocycles. The second-order valence-corrected chi connectivity index (χ2v) is 4.16. The third-order valence-electron chi connectivity index (χ3n) is 3.03. The average Bonchev–Trinajstić information content (AvgIpc) is 2.14. The van der Waals surface area contributed by atoms with E-state index in [0.717, 1.165) is 6.04 Å². The van der Waals surface area contributed by atoms with E-state index in [4.69, 9.17) is 0 Å². The molecule has 1 N–H and O–H groups in total. The monoisotopic (exact) mass is 184 g/mol. The molecule has 0 radical (unpaired) electrons. The quantitative estimate of drug-likeness (QED) is 0.717. The molecule has 13 heavy (non-hydrogen) atoms. The summed E-state index contributed by atoms with van der Waals surface area (Å²) in [6.45, 7) is 10.5. The highest BCUT2D eigenvalue weighted by atomic mass is 15.2. The molecule has 0 aromatic heterocycles. The van der Waals surface area contributed by atoms with Crippen LogP contribution < -0.4 is 5.32 Å². The third-order valence-corrected chi connectivity index (χ3v) is 3.03. The van der Waals surface area contributed by atoms with Crippen molar-refractivity contribution in [1.82, 2.24) is 10.2 Å². The predicted octanol–water partition coefficient (Wildman–Crippen LogP) is 1.86. The molecule has 1 aliphatic rings. The van der Waals surface area contributed by atoms with Crippen LogP contribution in [0.4, 0.5) is 0 Å². The van der Waals surface area contributed by atoms with Gasteiger partial charge in [0.1, 0.15) is 0 Å². The van der Waals surface area contributed by atoms with Crippen LogP contribution in [0, 0.1) is 0 Å². The fraction of sp³-hybridized carbons (Fsp3) is 1.00. The maximum Gasteiger partial charge on any atom is 0.0122 e. The Morgan fingerprint density at radius 2 is 2.15 bits per heavy atom. The van der Waals surface area contributed by atoms with Gasteiger partial charge in [0.25, 0.3) is 0 Å². The Morgan fingerprint density at radius 1 is 1.38 bits per heavy atom. The molecule has 0 aliphatic carbocycles. The van der Waals surface area contributed by atoms with Crippen molar-refractivity contribution < 1.29 is 0 Å². The molecule has 1 rings (SSSR count). The summed E-state index contributed by atoms with van der Waals surface area (Å²) >= 11 is 0. The number of nitrogens with one attached hydrogen (secondary N) is 1. The lowest BCUT2D eigenvalue weighted by Crippen LogP contribution is -2.47. The highest BCUT2D eigenvalue weighted by Crippen LogP contribution is 2.15. The molecule has 2 atom stereocenters. The van der Waals surface area contributed by atoms with Gasteiger partial charge in [0.05, 0.1) is 0 Å². The maximum absolute atomic E-state index is 3.51. The summed E-state index contributed by atoms with van der Waals surface area (Å²) in [6.07, 6.45) is 3.94. The molecule has 1 fully saturated rings. The van der Waals surface area contributed by atoms with E-state index < -0.39 is 0 Å². The van der Waals surface area contributed by atoms with Crippen LogP contribution in [0.3, 0.4) is 0 Å². The van der Waals surface area contributed by atoms with Crippen LogP contribution in [0.15, 0.2) is 0 Å². The lowest BCUT2D eigenvalue weighted by atomic mass is 9.99. The predicted molar refractivity (Wildman–Crippen MR) is 58.0 cm³/mol. The van der Waals surface area contributed by atoms with Crippen molar-refractivity contribution in [2.24, 2.45) is 0 Å². The molecule has 1 aliphatic heterocycles. The summed E-state index contributed by atoms with van der Waals surface area (Å²) in [5.74, 6) is 0. The van der Waals surface area contributed by atoms with E-state index >= 15 is 0 Å². The number of rotatable bonds is 4. The van der Waals surface area contributed by atoms with Gasteiger partial charge in [-0.3, -0.25) is 0 Å². The van der Waals surface area contributed by atoms with Gasteiger partial charge in [-0.15, -0.1) is 0 Å². The molecule has 0 bridgehead atoms. The fourth-order valence-electron chi connectivity index (χ4n) is 2.32. The second-order valence-electron chi connectivity index (χ2n) is 4.16. The first-order chi connectivity index (χ1) is 6.27.